The van der Waals surface area contributed by atoms with Crippen molar-refractivity contribution in [3.05, 3.63) is 35.9 Å². The molecular formula is C14H18N4O2S. The second kappa shape index (κ2) is 7.82. The third kappa shape index (κ3) is 4.59. The van der Waals surface area contributed by atoms with E-state index in [9.17, 15) is 0 Å². The van der Waals surface area contributed by atoms with Crippen molar-refractivity contribution in [3.63, 3.8) is 0 Å². The molecule has 1 aromatic carbocycles. The van der Waals surface area contributed by atoms with Crippen LogP contribution in [0.15, 0.2) is 35.5 Å². The maximum absolute atomic E-state index is 5.73. The molecule has 0 unspecified atom stereocenters. The van der Waals surface area contributed by atoms with Gasteiger partial charge in [-0.05, 0) is 30.4 Å². The first-order chi connectivity index (χ1) is 10.2. The van der Waals surface area contributed by atoms with Crippen LogP contribution in [0.2, 0.25) is 0 Å². The van der Waals surface area contributed by atoms with Crippen LogP contribution in [0.3, 0.4) is 0 Å². The minimum absolute atomic E-state index is 0.451. The summed E-state index contributed by atoms with van der Waals surface area (Å²) >= 11 is 1.42. The Balaban J connectivity index is 2.10. The second-order valence-electron chi connectivity index (χ2n) is 4.21. The van der Waals surface area contributed by atoms with E-state index in [0.717, 1.165) is 6.42 Å². The van der Waals surface area contributed by atoms with Gasteiger partial charge in [-0.1, -0.05) is 23.9 Å². The average molecular weight is 306 g/mol. The molecule has 0 radical (unpaired) electrons. The summed E-state index contributed by atoms with van der Waals surface area (Å²) < 4.78 is 10.8. The highest BCUT2D eigenvalue weighted by molar-refractivity contribution is 7.98. The number of nitrogens with one attached hydrogen (secondary N) is 1. The zero-order valence-corrected chi connectivity index (χ0v) is 12.8. The number of aromatic nitrogens is 2. The highest BCUT2D eigenvalue weighted by Crippen LogP contribution is 2.24. The van der Waals surface area contributed by atoms with Gasteiger partial charge in [-0.3, -0.25) is 0 Å². The molecule has 0 aliphatic rings. The number of hydrazine groups is 1. The van der Waals surface area contributed by atoms with Gasteiger partial charge >= 0.3 is 0 Å². The van der Waals surface area contributed by atoms with Gasteiger partial charge in [0.05, 0.1) is 6.61 Å². The lowest BCUT2D eigenvalue weighted by Gasteiger charge is -2.08. The van der Waals surface area contributed by atoms with Gasteiger partial charge in [0.25, 0.3) is 0 Å². The van der Waals surface area contributed by atoms with Crippen LogP contribution in [0.4, 0.5) is 5.82 Å². The van der Waals surface area contributed by atoms with Crippen LogP contribution in [-0.2, 0) is 11.2 Å². The van der Waals surface area contributed by atoms with Crippen molar-refractivity contribution in [2.24, 2.45) is 5.84 Å². The number of hydrogen-bond donors (Lipinski definition) is 2. The highest BCUT2D eigenvalue weighted by Gasteiger charge is 2.05. The molecule has 3 N–H and O–H groups in total. The van der Waals surface area contributed by atoms with Gasteiger partial charge in [-0.2, -0.15) is 4.98 Å². The van der Waals surface area contributed by atoms with E-state index in [2.05, 4.69) is 15.4 Å². The van der Waals surface area contributed by atoms with Crippen molar-refractivity contribution in [3.8, 4) is 11.6 Å². The Bertz CT molecular complexity index is 555. The lowest BCUT2D eigenvalue weighted by atomic mass is 10.1. The summed E-state index contributed by atoms with van der Waals surface area (Å²) in [6.45, 7) is 0.703. The predicted octanol–water partition coefficient (Wildman–Crippen LogP) is 2.47. The largest absolute Gasteiger partial charge is 0.439 e. The van der Waals surface area contributed by atoms with Gasteiger partial charge in [0.2, 0.25) is 5.88 Å². The topological polar surface area (TPSA) is 82.3 Å². The molecule has 1 aromatic heterocycles. The number of thioether (sulfide) groups is 1. The average Bonchev–Trinajstić information content (AvgIpc) is 2.53. The monoisotopic (exact) mass is 306 g/mol. The van der Waals surface area contributed by atoms with Crippen LogP contribution in [0.1, 0.15) is 5.56 Å². The fraction of sp³-hybridized carbons (Fsp3) is 0.286. The first-order valence-electron chi connectivity index (χ1n) is 6.40. The Kier molecular flexibility index (Phi) is 5.79. The molecule has 0 aliphatic carbocycles. The number of hydrogen-bond acceptors (Lipinski definition) is 7. The number of ether oxygens (including phenoxy) is 2. The predicted molar refractivity (Wildman–Crippen MR) is 83.7 cm³/mol. The molecule has 112 valence electrons. The molecule has 1 heterocycles. The summed E-state index contributed by atoms with van der Waals surface area (Å²) in [5.74, 6) is 7.06. The Hall–Kier alpha value is -1.83. The molecule has 21 heavy (non-hydrogen) atoms. The molecular weight excluding hydrogens is 288 g/mol. The molecule has 6 nitrogen and oxygen atoms in total. The van der Waals surface area contributed by atoms with Gasteiger partial charge in [0, 0.05) is 13.2 Å². The number of nitrogens with two attached hydrogens (primary N) is 1. The van der Waals surface area contributed by atoms with E-state index < -0.39 is 0 Å². The van der Waals surface area contributed by atoms with Crippen LogP contribution >= 0.6 is 11.8 Å². The van der Waals surface area contributed by atoms with E-state index >= 15 is 0 Å². The van der Waals surface area contributed by atoms with Gasteiger partial charge in [0.1, 0.15) is 11.6 Å². The van der Waals surface area contributed by atoms with Gasteiger partial charge in [-0.25, -0.2) is 10.8 Å². The van der Waals surface area contributed by atoms with Crippen molar-refractivity contribution in [2.75, 3.05) is 25.4 Å². The Morgan fingerprint density at radius 1 is 1.24 bits per heavy atom. The third-order valence-electron chi connectivity index (χ3n) is 2.75. The summed E-state index contributed by atoms with van der Waals surface area (Å²) in [4.78, 5) is 8.46. The van der Waals surface area contributed by atoms with E-state index in [4.69, 9.17) is 15.3 Å². The van der Waals surface area contributed by atoms with Gasteiger partial charge in [0.15, 0.2) is 5.16 Å². The number of methoxy groups -OCH3 is 1. The van der Waals surface area contributed by atoms with Crippen LogP contribution in [0, 0.1) is 0 Å². The van der Waals surface area contributed by atoms with E-state index in [1.165, 1.54) is 17.3 Å². The van der Waals surface area contributed by atoms with Gasteiger partial charge < -0.3 is 14.9 Å². The molecule has 0 spiro atoms. The van der Waals surface area contributed by atoms with Crippen molar-refractivity contribution >= 4 is 17.6 Å². The molecule has 0 saturated carbocycles. The Labute approximate surface area is 128 Å². The second-order valence-corrected chi connectivity index (χ2v) is 4.98. The summed E-state index contributed by atoms with van der Waals surface area (Å²) in [6, 6.07) is 9.47. The summed E-state index contributed by atoms with van der Waals surface area (Å²) in [6.07, 6.45) is 2.77. The van der Waals surface area contributed by atoms with Crippen molar-refractivity contribution < 1.29 is 9.47 Å². The van der Waals surface area contributed by atoms with Crippen LogP contribution in [0.5, 0.6) is 11.6 Å². The van der Waals surface area contributed by atoms with Crippen LogP contribution in [0.25, 0.3) is 0 Å². The van der Waals surface area contributed by atoms with E-state index in [1.54, 1.807) is 13.2 Å². The molecule has 0 aliphatic heterocycles. The van der Waals surface area contributed by atoms with Crippen LogP contribution in [-0.4, -0.2) is 29.9 Å². The minimum Gasteiger partial charge on any atom is -0.439 e. The van der Waals surface area contributed by atoms with Gasteiger partial charge in [-0.15, -0.1) is 0 Å². The number of anilines is 1. The fourth-order valence-electron chi connectivity index (χ4n) is 1.69. The third-order valence-corrected chi connectivity index (χ3v) is 3.30. The lowest BCUT2D eigenvalue weighted by Crippen LogP contribution is -2.09. The zero-order chi connectivity index (χ0) is 15.1. The number of nitrogens with zero attached hydrogens (tertiary/aromatic N) is 2. The number of benzene rings is 1. The number of rotatable bonds is 7. The van der Waals surface area contributed by atoms with E-state index in [-0.39, 0.29) is 0 Å². The van der Waals surface area contributed by atoms with Crippen molar-refractivity contribution in [2.45, 2.75) is 11.6 Å². The summed E-state index contributed by atoms with van der Waals surface area (Å²) in [7, 11) is 1.69. The smallest absolute Gasteiger partial charge is 0.225 e. The Morgan fingerprint density at radius 2 is 2.00 bits per heavy atom. The zero-order valence-electron chi connectivity index (χ0n) is 12.0. The first-order valence-corrected chi connectivity index (χ1v) is 7.63. The molecule has 0 saturated heterocycles. The lowest BCUT2D eigenvalue weighted by molar-refractivity contribution is 0.202. The maximum atomic E-state index is 5.73. The standard InChI is InChI=1S/C14H18N4O2S/c1-19-8-7-10-3-5-11(6-4-10)20-13-9-12(18-15)16-14(17-13)21-2/h3-6,9H,7-8,15H2,1-2H3,(H,16,17,18). The molecule has 2 rings (SSSR count). The molecule has 0 bridgehead atoms. The normalized spacial score (nSPS) is 10.4. The summed E-state index contributed by atoms with van der Waals surface area (Å²) in [5.41, 5.74) is 3.70. The molecule has 2 aromatic rings. The van der Waals surface area contributed by atoms with Crippen molar-refractivity contribution in [1.82, 2.24) is 9.97 Å². The molecule has 0 amide bonds. The maximum Gasteiger partial charge on any atom is 0.225 e. The number of nitrogen functional groups attached to an aromatic ring is 1. The molecule has 0 atom stereocenters. The SMILES string of the molecule is COCCc1ccc(Oc2cc(NN)nc(SC)n2)cc1. The molecule has 7 heteroatoms. The quantitative estimate of drug-likeness (QED) is 0.352. The van der Waals surface area contributed by atoms with Crippen LogP contribution < -0.4 is 16.0 Å². The first kappa shape index (κ1) is 15.6. The van der Waals surface area contributed by atoms with Crippen molar-refractivity contribution in [1.29, 1.82) is 0 Å². The van der Waals surface area contributed by atoms with E-state index in [0.29, 0.717) is 29.2 Å². The fourth-order valence-corrected chi connectivity index (χ4v) is 2.06. The highest BCUT2D eigenvalue weighted by atomic mass is 32.2. The Morgan fingerprint density at radius 3 is 2.62 bits per heavy atom. The van der Waals surface area contributed by atoms with E-state index in [1.807, 2.05) is 30.5 Å². The molecule has 0 fully saturated rings. The minimum atomic E-state index is 0.451. The summed E-state index contributed by atoms with van der Waals surface area (Å²) in [5, 5.41) is 0.595.